The van der Waals surface area contributed by atoms with Gasteiger partial charge in [0.15, 0.2) is 0 Å². The Balaban J connectivity index is 2.30. The van der Waals surface area contributed by atoms with Crippen molar-refractivity contribution >= 4 is 6.03 Å². The van der Waals surface area contributed by atoms with Crippen molar-refractivity contribution in [2.24, 2.45) is 0 Å². The number of amides is 2. The second kappa shape index (κ2) is 5.51. The summed E-state index contributed by atoms with van der Waals surface area (Å²) in [5, 5.41) is 0. The molecule has 104 valence electrons. The van der Waals surface area contributed by atoms with Crippen molar-refractivity contribution in [1.29, 1.82) is 0 Å². The van der Waals surface area contributed by atoms with Crippen LogP contribution >= 0.6 is 0 Å². The van der Waals surface area contributed by atoms with Crippen LogP contribution in [0.3, 0.4) is 0 Å². The van der Waals surface area contributed by atoms with Gasteiger partial charge in [0.2, 0.25) is 0 Å². The highest BCUT2D eigenvalue weighted by Gasteiger charge is 2.34. The van der Waals surface area contributed by atoms with Crippen molar-refractivity contribution in [3.63, 3.8) is 0 Å². The predicted molar refractivity (Wildman–Crippen MR) is 75.5 cm³/mol. The molecule has 1 heterocycles. The molecule has 1 atom stereocenters. The quantitative estimate of drug-likeness (QED) is 0.835. The minimum absolute atomic E-state index is 0.112. The third-order valence-electron chi connectivity index (χ3n) is 3.88. The van der Waals surface area contributed by atoms with Crippen LogP contribution in [-0.4, -0.2) is 43.1 Å². The molecule has 0 radical (unpaired) electrons. The molecule has 1 fully saturated rings. The lowest BCUT2D eigenvalue weighted by molar-refractivity contribution is 0.197. The Kier molecular flexibility index (Phi) is 3.98. The zero-order valence-corrected chi connectivity index (χ0v) is 12.1. The Morgan fingerprint density at radius 1 is 1.37 bits per heavy atom. The molecule has 0 saturated carbocycles. The SMILES string of the molecule is CCc1cc(C2CN(CC)C(=O)N2C)ccc1OC. The largest absolute Gasteiger partial charge is 0.496 e. The number of rotatable bonds is 4. The number of hydrogen-bond acceptors (Lipinski definition) is 2. The summed E-state index contributed by atoms with van der Waals surface area (Å²) in [6, 6.07) is 6.48. The number of carbonyl (C=O) groups is 1. The maximum absolute atomic E-state index is 12.0. The van der Waals surface area contributed by atoms with Crippen molar-refractivity contribution in [1.82, 2.24) is 9.80 Å². The van der Waals surface area contributed by atoms with E-state index in [1.165, 1.54) is 11.1 Å². The molecule has 0 aliphatic carbocycles. The van der Waals surface area contributed by atoms with Gasteiger partial charge in [-0.05, 0) is 36.6 Å². The average Bonchev–Trinajstić information content (AvgIpc) is 2.74. The van der Waals surface area contributed by atoms with Crippen LogP contribution in [0.5, 0.6) is 5.75 Å². The molecule has 2 rings (SSSR count). The summed E-state index contributed by atoms with van der Waals surface area (Å²) < 4.78 is 5.35. The smallest absolute Gasteiger partial charge is 0.320 e. The monoisotopic (exact) mass is 262 g/mol. The van der Waals surface area contributed by atoms with E-state index in [0.717, 1.165) is 25.3 Å². The molecule has 19 heavy (non-hydrogen) atoms. The fourth-order valence-corrected chi connectivity index (χ4v) is 2.64. The number of aryl methyl sites for hydroxylation is 1. The fraction of sp³-hybridized carbons (Fsp3) is 0.533. The number of methoxy groups -OCH3 is 1. The topological polar surface area (TPSA) is 32.8 Å². The van der Waals surface area contributed by atoms with E-state index in [1.807, 2.05) is 29.8 Å². The van der Waals surface area contributed by atoms with Crippen molar-refractivity contribution in [3.05, 3.63) is 29.3 Å². The van der Waals surface area contributed by atoms with E-state index in [1.54, 1.807) is 7.11 Å². The van der Waals surface area contributed by atoms with Crippen LogP contribution in [0.25, 0.3) is 0 Å². The van der Waals surface area contributed by atoms with Gasteiger partial charge in [0.25, 0.3) is 0 Å². The van der Waals surface area contributed by atoms with Crippen LogP contribution in [0.4, 0.5) is 4.79 Å². The molecular weight excluding hydrogens is 240 g/mol. The van der Waals surface area contributed by atoms with Gasteiger partial charge in [-0.15, -0.1) is 0 Å². The number of carbonyl (C=O) groups excluding carboxylic acids is 1. The minimum Gasteiger partial charge on any atom is -0.496 e. The lowest BCUT2D eigenvalue weighted by Gasteiger charge is -2.19. The second-order valence-corrected chi connectivity index (χ2v) is 4.87. The molecule has 0 spiro atoms. The first kappa shape index (κ1) is 13.7. The summed E-state index contributed by atoms with van der Waals surface area (Å²) in [6.45, 7) is 5.65. The Morgan fingerprint density at radius 3 is 2.63 bits per heavy atom. The number of urea groups is 1. The number of nitrogens with zero attached hydrogens (tertiary/aromatic N) is 2. The van der Waals surface area contributed by atoms with E-state index in [4.69, 9.17) is 4.74 Å². The van der Waals surface area contributed by atoms with Crippen molar-refractivity contribution in [3.8, 4) is 5.75 Å². The van der Waals surface area contributed by atoms with Gasteiger partial charge in [0.1, 0.15) is 5.75 Å². The normalized spacial score (nSPS) is 19.2. The summed E-state index contributed by atoms with van der Waals surface area (Å²) in [6.07, 6.45) is 0.929. The van der Waals surface area contributed by atoms with Crippen LogP contribution in [0, 0.1) is 0 Å². The number of hydrogen-bond donors (Lipinski definition) is 0. The van der Waals surface area contributed by atoms with Gasteiger partial charge in [-0.3, -0.25) is 0 Å². The third-order valence-corrected chi connectivity index (χ3v) is 3.88. The highest BCUT2D eigenvalue weighted by molar-refractivity contribution is 5.77. The van der Waals surface area contributed by atoms with E-state index in [9.17, 15) is 4.79 Å². The van der Waals surface area contributed by atoms with E-state index < -0.39 is 0 Å². The molecule has 0 aromatic heterocycles. The fourth-order valence-electron chi connectivity index (χ4n) is 2.64. The van der Waals surface area contributed by atoms with Gasteiger partial charge in [0.05, 0.1) is 13.2 Å². The molecule has 1 aromatic carbocycles. The lowest BCUT2D eigenvalue weighted by atomic mass is 10.0. The van der Waals surface area contributed by atoms with Crippen molar-refractivity contribution < 1.29 is 9.53 Å². The first-order valence-electron chi connectivity index (χ1n) is 6.80. The lowest BCUT2D eigenvalue weighted by Crippen LogP contribution is -2.29. The summed E-state index contributed by atoms with van der Waals surface area (Å²) >= 11 is 0. The van der Waals surface area contributed by atoms with Gasteiger partial charge in [0, 0.05) is 20.1 Å². The Hall–Kier alpha value is -1.71. The van der Waals surface area contributed by atoms with E-state index in [-0.39, 0.29) is 12.1 Å². The molecule has 4 heteroatoms. The maximum Gasteiger partial charge on any atom is 0.320 e. The first-order chi connectivity index (χ1) is 9.12. The average molecular weight is 262 g/mol. The number of likely N-dealkylation sites (N-methyl/N-ethyl adjacent to an activating group) is 2. The molecule has 0 bridgehead atoms. The number of benzene rings is 1. The molecule has 1 unspecified atom stereocenters. The molecule has 4 nitrogen and oxygen atoms in total. The summed E-state index contributed by atoms with van der Waals surface area (Å²) in [4.78, 5) is 15.7. The predicted octanol–water partition coefficient (Wildman–Crippen LogP) is 2.69. The Morgan fingerprint density at radius 2 is 2.11 bits per heavy atom. The van der Waals surface area contributed by atoms with Crippen LogP contribution < -0.4 is 4.74 Å². The van der Waals surface area contributed by atoms with E-state index >= 15 is 0 Å². The van der Waals surface area contributed by atoms with Crippen LogP contribution in [0.15, 0.2) is 18.2 Å². The van der Waals surface area contributed by atoms with Gasteiger partial charge < -0.3 is 14.5 Å². The molecule has 1 aliphatic heterocycles. The van der Waals surface area contributed by atoms with Crippen molar-refractivity contribution in [2.45, 2.75) is 26.3 Å². The maximum atomic E-state index is 12.0. The molecule has 1 aromatic rings. The molecule has 0 N–H and O–H groups in total. The molecular formula is C15H22N2O2. The highest BCUT2D eigenvalue weighted by atomic mass is 16.5. The second-order valence-electron chi connectivity index (χ2n) is 4.87. The van der Waals surface area contributed by atoms with Crippen molar-refractivity contribution in [2.75, 3.05) is 27.2 Å². The summed E-state index contributed by atoms with van der Waals surface area (Å²) in [5.74, 6) is 0.922. The Bertz CT molecular complexity index is 473. The third kappa shape index (κ3) is 2.39. The summed E-state index contributed by atoms with van der Waals surface area (Å²) in [5.41, 5.74) is 2.38. The molecule has 1 saturated heterocycles. The molecule has 1 aliphatic rings. The summed E-state index contributed by atoms with van der Waals surface area (Å²) in [7, 11) is 3.57. The zero-order chi connectivity index (χ0) is 14.0. The van der Waals surface area contributed by atoms with E-state index in [0.29, 0.717) is 0 Å². The van der Waals surface area contributed by atoms with Gasteiger partial charge >= 0.3 is 6.03 Å². The highest BCUT2D eigenvalue weighted by Crippen LogP contribution is 2.31. The van der Waals surface area contributed by atoms with Gasteiger partial charge in [-0.25, -0.2) is 4.79 Å². The van der Waals surface area contributed by atoms with E-state index in [2.05, 4.69) is 19.1 Å². The van der Waals surface area contributed by atoms with Gasteiger partial charge in [-0.2, -0.15) is 0 Å². The first-order valence-corrected chi connectivity index (χ1v) is 6.80. The van der Waals surface area contributed by atoms with Crippen LogP contribution in [0.1, 0.15) is 31.0 Å². The Labute approximate surface area is 115 Å². The molecule has 2 amide bonds. The van der Waals surface area contributed by atoms with Gasteiger partial charge in [-0.1, -0.05) is 13.0 Å². The van der Waals surface area contributed by atoms with Crippen LogP contribution in [-0.2, 0) is 6.42 Å². The standard InChI is InChI=1S/C15H22N2O2/c1-5-11-9-12(7-8-14(11)19-4)13-10-17(6-2)15(18)16(13)3/h7-9,13H,5-6,10H2,1-4H3. The minimum atomic E-state index is 0.112. The number of ether oxygens (including phenoxy) is 1. The van der Waals surface area contributed by atoms with Crippen LogP contribution in [0.2, 0.25) is 0 Å². The zero-order valence-electron chi connectivity index (χ0n) is 12.1.